The van der Waals surface area contributed by atoms with Crippen molar-refractivity contribution in [3.63, 3.8) is 0 Å². The van der Waals surface area contributed by atoms with E-state index in [2.05, 4.69) is 20.3 Å². The van der Waals surface area contributed by atoms with Gasteiger partial charge in [0.2, 0.25) is 5.88 Å². The predicted octanol–water partition coefficient (Wildman–Crippen LogP) is 2.06. The van der Waals surface area contributed by atoms with Crippen molar-refractivity contribution in [2.75, 3.05) is 14.2 Å². The van der Waals surface area contributed by atoms with Crippen LogP contribution in [0.25, 0.3) is 0 Å². The number of ether oxygens (including phenoxy) is 1. The molecule has 0 amide bonds. The Labute approximate surface area is 117 Å². The monoisotopic (exact) mass is 278 g/mol. The largest absolute Gasteiger partial charge is 0.481 e. The number of rotatable bonds is 5. The van der Waals surface area contributed by atoms with Gasteiger partial charge in [-0.25, -0.2) is 15.0 Å². The summed E-state index contributed by atoms with van der Waals surface area (Å²) in [5.74, 6) is 0.595. The summed E-state index contributed by atoms with van der Waals surface area (Å²) in [6, 6.07) is 2.08. The molecule has 2 aromatic heterocycles. The fourth-order valence-electron chi connectivity index (χ4n) is 2.01. The van der Waals surface area contributed by atoms with E-state index in [1.165, 1.54) is 11.2 Å². The number of likely N-dealkylation sites (N-methyl/N-ethyl adjacent to an activating group) is 1. The van der Waals surface area contributed by atoms with Gasteiger partial charge in [0.1, 0.15) is 6.33 Å². The number of nitrogens with zero attached hydrogens (tertiary/aromatic N) is 3. The summed E-state index contributed by atoms with van der Waals surface area (Å²) < 4.78 is 5.12. The fourth-order valence-corrected chi connectivity index (χ4v) is 3.04. The lowest BCUT2D eigenvalue weighted by atomic mass is 10.1. The maximum atomic E-state index is 5.12. The second kappa shape index (κ2) is 6.08. The van der Waals surface area contributed by atoms with Crippen LogP contribution < -0.4 is 10.1 Å². The van der Waals surface area contributed by atoms with Gasteiger partial charge in [-0.1, -0.05) is 0 Å². The van der Waals surface area contributed by atoms with Crippen molar-refractivity contribution < 1.29 is 4.74 Å². The molecule has 2 aromatic rings. The highest BCUT2D eigenvalue weighted by atomic mass is 32.1. The molecule has 0 aromatic carbocycles. The summed E-state index contributed by atoms with van der Waals surface area (Å²) >= 11 is 1.73. The third-order valence-corrected chi connectivity index (χ3v) is 4.11. The van der Waals surface area contributed by atoms with Gasteiger partial charge in [-0.05, 0) is 20.9 Å². The summed E-state index contributed by atoms with van der Waals surface area (Å²) in [5, 5.41) is 4.42. The van der Waals surface area contributed by atoms with E-state index >= 15 is 0 Å². The van der Waals surface area contributed by atoms with Crippen molar-refractivity contribution in [3.05, 3.63) is 33.7 Å². The average molecular weight is 278 g/mol. The normalized spacial score (nSPS) is 12.4. The molecule has 0 fully saturated rings. The molecule has 0 aliphatic rings. The van der Waals surface area contributed by atoms with Gasteiger partial charge in [-0.15, -0.1) is 11.3 Å². The van der Waals surface area contributed by atoms with Crippen molar-refractivity contribution >= 4 is 11.3 Å². The van der Waals surface area contributed by atoms with Gasteiger partial charge >= 0.3 is 0 Å². The number of methoxy groups -OCH3 is 1. The summed E-state index contributed by atoms with van der Waals surface area (Å²) in [7, 11) is 3.57. The molecule has 102 valence electrons. The van der Waals surface area contributed by atoms with Crippen LogP contribution in [0, 0.1) is 13.8 Å². The van der Waals surface area contributed by atoms with E-state index in [9.17, 15) is 0 Å². The molecule has 1 N–H and O–H groups in total. The Hall–Kier alpha value is -1.53. The minimum Gasteiger partial charge on any atom is -0.481 e. The fraction of sp³-hybridized carbons (Fsp3) is 0.462. The zero-order valence-electron chi connectivity index (χ0n) is 11.6. The SMILES string of the molecule is CNC(Cc1cc(OC)ncn1)c1sc(C)nc1C. The van der Waals surface area contributed by atoms with E-state index in [0.29, 0.717) is 5.88 Å². The van der Waals surface area contributed by atoms with E-state index in [-0.39, 0.29) is 6.04 Å². The third kappa shape index (κ3) is 3.27. The van der Waals surface area contributed by atoms with Crippen molar-refractivity contribution in [1.29, 1.82) is 0 Å². The lowest BCUT2D eigenvalue weighted by molar-refractivity contribution is 0.395. The molecule has 1 unspecified atom stereocenters. The van der Waals surface area contributed by atoms with E-state index < -0.39 is 0 Å². The molecule has 0 saturated carbocycles. The van der Waals surface area contributed by atoms with Gasteiger partial charge in [-0.2, -0.15) is 0 Å². The molecule has 0 aliphatic heterocycles. The summed E-state index contributed by atoms with van der Waals surface area (Å²) in [4.78, 5) is 14.1. The minimum atomic E-state index is 0.214. The Morgan fingerprint density at radius 3 is 2.74 bits per heavy atom. The van der Waals surface area contributed by atoms with Gasteiger partial charge in [0.05, 0.1) is 17.8 Å². The molecule has 2 heterocycles. The van der Waals surface area contributed by atoms with E-state index in [1.54, 1.807) is 18.4 Å². The van der Waals surface area contributed by atoms with Crippen molar-refractivity contribution in [2.24, 2.45) is 0 Å². The van der Waals surface area contributed by atoms with E-state index in [4.69, 9.17) is 4.74 Å². The molecule has 0 saturated heterocycles. The highest BCUT2D eigenvalue weighted by molar-refractivity contribution is 7.11. The minimum absolute atomic E-state index is 0.214. The van der Waals surface area contributed by atoms with Crippen LogP contribution in [0.5, 0.6) is 5.88 Å². The van der Waals surface area contributed by atoms with E-state index in [0.717, 1.165) is 22.8 Å². The van der Waals surface area contributed by atoms with Gasteiger partial charge in [-0.3, -0.25) is 0 Å². The van der Waals surface area contributed by atoms with Crippen LogP contribution in [0.15, 0.2) is 12.4 Å². The smallest absolute Gasteiger partial charge is 0.216 e. The van der Waals surface area contributed by atoms with Crippen LogP contribution in [0.1, 0.15) is 27.3 Å². The van der Waals surface area contributed by atoms with Crippen molar-refractivity contribution in [3.8, 4) is 5.88 Å². The zero-order chi connectivity index (χ0) is 13.8. The lowest BCUT2D eigenvalue weighted by Crippen LogP contribution is -2.19. The molecule has 0 aliphatic carbocycles. The quantitative estimate of drug-likeness (QED) is 0.907. The van der Waals surface area contributed by atoms with Crippen LogP contribution in [0.3, 0.4) is 0 Å². The molecule has 5 nitrogen and oxygen atoms in total. The van der Waals surface area contributed by atoms with Gasteiger partial charge in [0.15, 0.2) is 0 Å². The van der Waals surface area contributed by atoms with Crippen LogP contribution in [0.4, 0.5) is 0 Å². The number of hydrogen-bond acceptors (Lipinski definition) is 6. The first kappa shape index (κ1) is 13.9. The maximum Gasteiger partial charge on any atom is 0.216 e. The Kier molecular flexibility index (Phi) is 4.44. The Morgan fingerprint density at radius 2 is 2.16 bits per heavy atom. The van der Waals surface area contributed by atoms with Gasteiger partial charge in [0.25, 0.3) is 0 Å². The van der Waals surface area contributed by atoms with Crippen molar-refractivity contribution in [1.82, 2.24) is 20.3 Å². The second-order valence-corrected chi connectivity index (χ2v) is 5.51. The highest BCUT2D eigenvalue weighted by Crippen LogP contribution is 2.27. The molecule has 0 radical (unpaired) electrons. The van der Waals surface area contributed by atoms with Crippen molar-refractivity contribution in [2.45, 2.75) is 26.3 Å². The summed E-state index contributed by atoms with van der Waals surface area (Å²) in [6.45, 7) is 4.07. The molecule has 0 bridgehead atoms. The average Bonchev–Trinajstić information content (AvgIpc) is 2.75. The Bertz CT molecular complexity index is 555. The van der Waals surface area contributed by atoms with Crippen LogP contribution >= 0.6 is 11.3 Å². The summed E-state index contributed by atoms with van der Waals surface area (Å²) in [6.07, 6.45) is 2.32. The number of hydrogen-bond donors (Lipinski definition) is 1. The van der Waals surface area contributed by atoms with Gasteiger partial charge in [0, 0.05) is 29.1 Å². The topological polar surface area (TPSA) is 59.9 Å². The predicted molar refractivity (Wildman–Crippen MR) is 75.7 cm³/mol. The highest BCUT2D eigenvalue weighted by Gasteiger charge is 2.17. The first-order valence-electron chi connectivity index (χ1n) is 6.10. The first-order chi connectivity index (χ1) is 9.13. The third-order valence-electron chi connectivity index (χ3n) is 2.93. The molecule has 6 heteroatoms. The number of thiazole rings is 1. The first-order valence-corrected chi connectivity index (χ1v) is 6.91. The number of aromatic nitrogens is 3. The zero-order valence-corrected chi connectivity index (χ0v) is 12.4. The Balaban J connectivity index is 2.21. The molecular formula is C13H18N4OS. The maximum absolute atomic E-state index is 5.12. The number of nitrogens with one attached hydrogen (secondary N) is 1. The van der Waals surface area contributed by atoms with E-state index in [1.807, 2.05) is 27.0 Å². The second-order valence-electron chi connectivity index (χ2n) is 4.28. The summed E-state index contributed by atoms with van der Waals surface area (Å²) in [5.41, 5.74) is 2.04. The molecular weight excluding hydrogens is 260 g/mol. The van der Waals surface area contributed by atoms with Gasteiger partial charge < -0.3 is 10.1 Å². The molecule has 19 heavy (non-hydrogen) atoms. The lowest BCUT2D eigenvalue weighted by Gasteiger charge is -2.14. The Morgan fingerprint density at radius 1 is 1.37 bits per heavy atom. The molecule has 0 spiro atoms. The van der Waals surface area contributed by atoms with Crippen LogP contribution in [-0.2, 0) is 6.42 Å². The molecule has 1 atom stereocenters. The molecule has 2 rings (SSSR count). The van der Waals surface area contributed by atoms with Crippen LogP contribution in [-0.4, -0.2) is 29.1 Å². The number of aryl methyl sites for hydroxylation is 2. The van der Waals surface area contributed by atoms with Crippen LogP contribution in [0.2, 0.25) is 0 Å². The standard InChI is InChI=1S/C13H18N4OS/c1-8-13(19-9(2)17-8)11(14-3)5-10-6-12(18-4)16-7-15-10/h6-7,11,14H,5H2,1-4H3.